The molecule has 0 spiro atoms. The predicted molar refractivity (Wildman–Crippen MR) is 97.8 cm³/mol. The van der Waals surface area contributed by atoms with Crippen LogP contribution in [0.3, 0.4) is 0 Å². The third-order valence-corrected chi connectivity index (χ3v) is 6.70. The van der Waals surface area contributed by atoms with Crippen LogP contribution < -0.4 is 0 Å². The molecule has 0 aromatic carbocycles. The van der Waals surface area contributed by atoms with Gasteiger partial charge in [-0.1, -0.05) is 26.7 Å². The van der Waals surface area contributed by atoms with Crippen LogP contribution in [0.4, 0.5) is 0 Å². The molecular formula is C21H37NO2. The van der Waals surface area contributed by atoms with E-state index in [2.05, 4.69) is 18.7 Å². The topological polar surface area (TPSA) is 29.5 Å². The van der Waals surface area contributed by atoms with Gasteiger partial charge in [0.2, 0.25) is 0 Å². The molecule has 0 N–H and O–H groups in total. The Kier molecular flexibility index (Phi) is 6.60. The fourth-order valence-corrected chi connectivity index (χ4v) is 5.63. The van der Waals surface area contributed by atoms with Gasteiger partial charge in [0.15, 0.2) is 0 Å². The molecule has 4 aliphatic rings. The summed E-state index contributed by atoms with van der Waals surface area (Å²) in [7, 11) is 0. The van der Waals surface area contributed by atoms with Gasteiger partial charge in [0.1, 0.15) is 6.10 Å². The van der Waals surface area contributed by atoms with Gasteiger partial charge in [0.25, 0.3) is 0 Å². The number of hydrogen-bond donors (Lipinski definition) is 0. The van der Waals surface area contributed by atoms with Crippen LogP contribution in [-0.2, 0) is 9.53 Å². The zero-order valence-electron chi connectivity index (χ0n) is 15.8. The number of ether oxygens (including phenoxy) is 1. The van der Waals surface area contributed by atoms with Gasteiger partial charge in [-0.3, -0.25) is 4.79 Å². The number of carbonyl (C=O) groups excluding carboxylic acids is 1. The van der Waals surface area contributed by atoms with Crippen molar-refractivity contribution < 1.29 is 9.53 Å². The highest BCUT2D eigenvalue weighted by Gasteiger charge is 2.49. The van der Waals surface area contributed by atoms with Crippen LogP contribution in [0.2, 0.25) is 0 Å². The zero-order chi connectivity index (χ0) is 16.9. The normalized spacial score (nSPS) is 34.0. The third kappa shape index (κ3) is 4.53. The minimum atomic E-state index is 0.0606. The van der Waals surface area contributed by atoms with E-state index in [1.54, 1.807) is 0 Å². The molecule has 0 atom stereocenters. The van der Waals surface area contributed by atoms with E-state index >= 15 is 0 Å². The smallest absolute Gasteiger partial charge is 0.307 e. The van der Waals surface area contributed by atoms with Crippen molar-refractivity contribution in [2.45, 2.75) is 84.2 Å². The first kappa shape index (κ1) is 18.2. The highest BCUT2D eigenvalue weighted by molar-refractivity contribution is 5.69. The van der Waals surface area contributed by atoms with Crippen molar-refractivity contribution in [3.05, 3.63) is 0 Å². The molecule has 4 fully saturated rings. The highest BCUT2D eigenvalue weighted by Crippen LogP contribution is 2.54. The van der Waals surface area contributed by atoms with Crippen molar-refractivity contribution in [2.75, 3.05) is 19.6 Å². The van der Waals surface area contributed by atoms with E-state index in [1.807, 2.05) is 0 Å². The van der Waals surface area contributed by atoms with E-state index in [0.29, 0.717) is 18.3 Å². The maximum Gasteiger partial charge on any atom is 0.307 e. The summed E-state index contributed by atoms with van der Waals surface area (Å²) >= 11 is 0. The molecule has 138 valence electrons. The Bertz CT molecular complexity index is 373. The van der Waals surface area contributed by atoms with Crippen molar-refractivity contribution in [1.29, 1.82) is 0 Å². The minimum absolute atomic E-state index is 0.0606. The maximum atomic E-state index is 12.4. The molecule has 4 saturated carbocycles. The van der Waals surface area contributed by atoms with Gasteiger partial charge in [-0.15, -0.1) is 0 Å². The molecule has 4 rings (SSSR count). The van der Waals surface area contributed by atoms with Gasteiger partial charge >= 0.3 is 5.97 Å². The van der Waals surface area contributed by atoms with Crippen LogP contribution in [0.1, 0.15) is 78.1 Å². The van der Waals surface area contributed by atoms with Crippen LogP contribution in [-0.4, -0.2) is 36.6 Å². The number of rotatable bonds is 10. The van der Waals surface area contributed by atoms with Gasteiger partial charge in [0, 0.05) is 6.54 Å². The average molecular weight is 336 g/mol. The Hall–Kier alpha value is -0.570. The van der Waals surface area contributed by atoms with Crippen molar-refractivity contribution in [1.82, 2.24) is 4.90 Å². The van der Waals surface area contributed by atoms with Crippen molar-refractivity contribution >= 4 is 5.97 Å². The Morgan fingerprint density at radius 3 is 1.92 bits per heavy atom. The molecule has 0 amide bonds. The van der Waals surface area contributed by atoms with Crippen LogP contribution in [0.15, 0.2) is 0 Å². The molecule has 0 saturated heterocycles. The first-order valence-corrected chi connectivity index (χ1v) is 10.6. The number of hydrogen-bond acceptors (Lipinski definition) is 3. The van der Waals surface area contributed by atoms with E-state index in [9.17, 15) is 4.79 Å². The lowest BCUT2D eigenvalue weighted by molar-refractivity contribution is -0.171. The largest absolute Gasteiger partial charge is 0.462 e. The first-order chi connectivity index (χ1) is 11.7. The Labute approximate surface area is 148 Å². The van der Waals surface area contributed by atoms with Gasteiger partial charge in [0.05, 0.1) is 6.42 Å². The molecule has 0 aromatic rings. The molecule has 0 aromatic heterocycles. The second kappa shape index (κ2) is 8.69. The molecular weight excluding hydrogens is 298 g/mol. The summed E-state index contributed by atoms with van der Waals surface area (Å²) in [6.07, 6.45) is 12.5. The predicted octanol–water partition coefficient (Wildman–Crippen LogP) is 4.65. The van der Waals surface area contributed by atoms with Gasteiger partial charge in [-0.05, 0) is 81.7 Å². The molecule has 24 heavy (non-hydrogen) atoms. The van der Waals surface area contributed by atoms with E-state index in [1.165, 1.54) is 57.8 Å². The maximum absolute atomic E-state index is 12.4. The quantitative estimate of drug-likeness (QED) is 0.544. The summed E-state index contributed by atoms with van der Waals surface area (Å²) in [5.74, 6) is 3.32. The third-order valence-electron chi connectivity index (χ3n) is 6.70. The molecule has 3 nitrogen and oxygen atoms in total. The van der Waals surface area contributed by atoms with Crippen molar-refractivity contribution in [3.63, 3.8) is 0 Å². The monoisotopic (exact) mass is 335 g/mol. The number of esters is 1. The van der Waals surface area contributed by atoms with Gasteiger partial charge < -0.3 is 9.64 Å². The summed E-state index contributed by atoms with van der Waals surface area (Å²) in [4.78, 5) is 14.9. The van der Waals surface area contributed by atoms with E-state index in [0.717, 1.165) is 31.5 Å². The van der Waals surface area contributed by atoms with Gasteiger partial charge in [-0.2, -0.15) is 0 Å². The van der Waals surface area contributed by atoms with Crippen LogP contribution in [0.25, 0.3) is 0 Å². The molecule has 0 aliphatic heterocycles. The molecule has 0 heterocycles. The van der Waals surface area contributed by atoms with Crippen LogP contribution in [0.5, 0.6) is 0 Å². The van der Waals surface area contributed by atoms with Crippen molar-refractivity contribution in [2.24, 2.45) is 23.7 Å². The SMILES string of the molecule is CCCCN(CCCC)CCC(=O)OC1C2CC3CC(C2)CC1C3. The molecule has 0 unspecified atom stereocenters. The second-order valence-electron chi connectivity index (χ2n) is 8.68. The first-order valence-electron chi connectivity index (χ1n) is 10.6. The summed E-state index contributed by atoms with van der Waals surface area (Å²) in [5, 5.41) is 0. The van der Waals surface area contributed by atoms with E-state index in [-0.39, 0.29) is 12.1 Å². The fourth-order valence-electron chi connectivity index (χ4n) is 5.63. The zero-order valence-corrected chi connectivity index (χ0v) is 15.8. The van der Waals surface area contributed by atoms with E-state index < -0.39 is 0 Å². The van der Waals surface area contributed by atoms with Gasteiger partial charge in [-0.25, -0.2) is 0 Å². The summed E-state index contributed by atoms with van der Waals surface area (Å²) in [6, 6.07) is 0. The van der Waals surface area contributed by atoms with Crippen LogP contribution in [0, 0.1) is 23.7 Å². The lowest BCUT2D eigenvalue weighted by atomic mass is 9.55. The minimum Gasteiger partial charge on any atom is -0.462 e. The molecule has 0 radical (unpaired) electrons. The summed E-state index contributed by atoms with van der Waals surface area (Å²) in [5.41, 5.74) is 0. The second-order valence-corrected chi connectivity index (χ2v) is 8.68. The molecule has 4 bridgehead atoms. The fraction of sp³-hybridized carbons (Fsp3) is 0.952. The van der Waals surface area contributed by atoms with Crippen molar-refractivity contribution in [3.8, 4) is 0 Å². The summed E-state index contributed by atoms with van der Waals surface area (Å²) < 4.78 is 6.02. The molecule has 3 heteroatoms. The summed E-state index contributed by atoms with van der Waals surface area (Å²) in [6.45, 7) is 7.60. The lowest BCUT2D eigenvalue weighted by Crippen LogP contribution is -2.50. The molecule has 4 aliphatic carbocycles. The Morgan fingerprint density at radius 1 is 0.875 bits per heavy atom. The average Bonchev–Trinajstić information content (AvgIpc) is 2.57. The Morgan fingerprint density at radius 2 is 1.42 bits per heavy atom. The van der Waals surface area contributed by atoms with Crippen LogP contribution >= 0.6 is 0 Å². The number of carbonyl (C=O) groups is 1. The number of unbranched alkanes of at least 4 members (excludes halogenated alkanes) is 2. The standard InChI is InChI=1S/C21H37NO2/c1-3-5-8-22(9-6-4-2)10-7-20(23)24-21-18-12-16-11-17(14-18)15-19(21)13-16/h16-19,21H,3-15H2,1-2H3. The lowest BCUT2D eigenvalue weighted by Gasteiger charge is -2.53. The number of nitrogens with zero attached hydrogens (tertiary/aromatic N) is 1. The Balaban J connectivity index is 1.43. The highest BCUT2D eigenvalue weighted by atomic mass is 16.5. The van der Waals surface area contributed by atoms with E-state index in [4.69, 9.17) is 4.74 Å².